The lowest BCUT2D eigenvalue weighted by Crippen LogP contribution is -2.22. The second kappa shape index (κ2) is 5.04. The molecule has 4 heteroatoms. The van der Waals surface area contributed by atoms with Gasteiger partial charge in [0.25, 0.3) is 5.91 Å². The smallest absolute Gasteiger partial charge is 0.256 e. The lowest BCUT2D eigenvalue weighted by Gasteiger charge is -2.08. The van der Waals surface area contributed by atoms with Crippen molar-refractivity contribution in [2.45, 2.75) is 20.3 Å². The minimum Gasteiger partial charge on any atom is -0.506 e. The molecule has 1 amide bonds. The van der Waals surface area contributed by atoms with Crippen LogP contribution in [0.2, 0.25) is 0 Å². The Morgan fingerprint density at radius 3 is 2.83 bits per heavy atom. The van der Waals surface area contributed by atoms with E-state index in [0.29, 0.717) is 17.4 Å². The average molecular weight is 244 g/mol. The number of amides is 1. The highest BCUT2D eigenvalue weighted by molar-refractivity contribution is 6.02. The van der Waals surface area contributed by atoms with Gasteiger partial charge in [-0.1, -0.05) is 13.0 Å². The molecule has 0 bridgehead atoms. The Bertz CT molecular complexity index is 594. The number of aromatic nitrogens is 1. The third-order valence-electron chi connectivity index (χ3n) is 2.89. The Hall–Kier alpha value is -2.10. The molecule has 0 saturated heterocycles. The molecular formula is C14H16N2O2. The summed E-state index contributed by atoms with van der Waals surface area (Å²) in [6, 6.07) is 5.70. The summed E-state index contributed by atoms with van der Waals surface area (Å²) < 4.78 is 0. The molecule has 2 N–H and O–H groups in total. The Balaban J connectivity index is 2.58. The molecule has 0 aliphatic carbocycles. The molecule has 1 aromatic heterocycles. The zero-order valence-corrected chi connectivity index (χ0v) is 10.5. The van der Waals surface area contributed by atoms with E-state index < -0.39 is 0 Å². The van der Waals surface area contributed by atoms with E-state index in [9.17, 15) is 9.90 Å². The van der Waals surface area contributed by atoms with Gasteiger partial charge in [0, 0.05) is 18.1 Å². The number of aryl methyl sites for hydroxylation is 1. The summed E-state index contributed by atoms with van der Waals surface area (Å²) in [5, 5.41) is 13.4. The number of rotatable bonds is 3. The summed E-state index contributed by atoms with van der Waals surface area (Å²) in [5.74, 6) is -0.299. The highest BCUT2D eigenvalue weighted by Gasteiger charge is 2.14. The van der Waals surface area contributed by atoms with Crippen LogP contribution in [0.5, 0.6) is 5.75 Å². The van der Waals surface area contributed by atoms with Gasteiger partial charge in [-0.05, 0) is 31.0 Å². The first kappa shape index (κ1) is 12.4. The first-order chi connectivity index (χ1) is 8.67. The van der Waals surface area contributed by atoms with Gasteiger partial charge < -0.3 is 10.4 Å². The Morgan fingerprint density at radius 1 is 1.39 bits per heavy atom. The van der Waals surface area contributed by atoms with Crippen molar-refractivity contribution in [2.75, 3.05) is 6.54 Å². The number of hydrogen-bond donors (Lipinski definition) is 2. The normalized spacial score (nSPS) is 10.6. The predicted octanol–water partition coefficient (Wildman–Crippen LogP) is 2.25. The van der Waals surface area contributed by atoms with Gasteiger partial charge >= 0.3 is 0 Å². The van der Waals surface area contributed by atoms with E-state index in [1.807, 2.05) is 32.0 Å². The van der Waals surface area contributed by atoms with Crippen LogP contribution in [0.25, 0.3) is 10.9 Å². The van der Waals surface area contributed by atoms with E-state index in [2.05, 4.69) is 10.3 Å². The molecule has 0 atom stereocenters. The monoisotopic (exact) mass is 244 g/mol. The fourth-order valence-corrected chi connectivity index (χ4v) is 1.87. The van der Waals surface area contributed by atoms with Gasteiger partial charge in [0.2, 0.25) is 0 Å². The molecule has 94 valence electrons. The van der Waals surface area contributed by atoms with E-state index in [4.69, 9.17) is 0 Å². The lowest BCUT2D eigenvalue weighted by molar-refractivity contribution is 0.0953. The Morgan fingerprint density at radius 2 is 2.17 bits per heavy atom. The average Bonchev–Trinajstić information content (AvgIpc) is 2.39. The number of nitrogens with zero attached hydrogens (tertiary/aromatic N) is 1. The summed E-state index contributed by atoms with van der Waals surface area (Å²) in [6.07, 6.45) is 2.29. The van der Waals surface area contributed by atoms with Crippen molar-refractivity contribution >= 4 is 16.8 Å². The molecular weight excluding hydrogens is 228 g/mol. The van der Waals surface area contributed by atoms with Gasteiger partial charge in [0.15, 0.2) is 0 Å². The zero-order valence-electron chi connectivity index (χ0n) is 10.5. The molecule has 0 radical (unpaired) electrons. The third kappa shape index (κ3) is 2.14. The van der Waals surface area contributed by atoms with Crippen LogP contribution in [0.15, 0.2) is 24.4 Å². The molecule has 2 aromatic rings. The van der Waals surface area contributed by atoms with Gasteiger partial charge in [-0.25, -0.2) is 0 Å². The van der Waals surface area contributed by atoms with Crippen molar-refractivity contribution in [2.24, 2.45) is 0 Å². The van der Waals surface area contributed by atoms with Crippen LogP contribution in [0.4, 0.5) is 0 Å². The maximum Gasteiger partial charge on any atom is 0.256 e. The van der Waals surface area contributed by atoms with E-state index in [1.54, 1.807) is 0 Å². The number of hydrogen-bond acceptors (Lipinski definition) is 3. The highest BCUT2D eigenvalue weighted by Crippen LogP contribution is 2.27. The first-order valence-corrected chi connectivity index (χ1v) is 6.06. The van der Waals surface area contributed by atoms with E-state index in [-0.39, 0.29) is 17.2 Å². The zero-order chi connectivity index (χ0) is 13.1. The van der Waals surface area contributed by atoms with Crippen molar-refractivity contribution in [3.05, 3.63) is 35.5 Å². The van der Waals surface area contributed by atoms with E-state index in [1.165, 1.54) is 6.20 Å². The van der Waals surface area contributed by atoms with Crippen molar-refractivity contribution in [1.29, 1.82) is 0 Å². The van der Waals surface area contributed by atoms with Gasteiger partial charge in [0.05, 0.1) is 5.52 Å². The lowest BCUT2D eigenvalue weighted by atomic mass is 10.1. The van der Waals surface area contributed by atoms with Crippen molar-refractivity contribution < 1.29 is 9.90 Å². The number of aromatic hydroxyl groups is 1. The topological polar surface area (TPSA) is 62.2 Å². The summed E-state index contributed by atoms with van der Waals surface area (Å²) in [5.41, 5.74) is 2.02. The Kier molecular flexibility index (Phi) is 3.46. The standard InChI is InChI=1S/C14H16N2O2/c1-3-9-5-6-12-10(7-9)13(17)11(8-16-12)14(18)15-4-2/h5-8H,3-4H2,1-2H3,(H,15,18)(H,16,17). The van der Waals surface area contributed by atoms with Gasteiger partial charge in [-0.3, -0.25) is 9.78 Å². The summed E-state index contributed by atoms with van der Waals surface area (Å²) in [7, 11) is 0. The number of benzene rings is 1. The van der Waals surface area contributed by atoms with Crippen LogP contribution in [0.1, 0.15) is 29.8 Å². The molecule has 1 heterocycles. The highest BCUT2D eigenvalue weighted by atomic mass is 16.3. The van der Waals surface area contributed by atoms with Crippen molar-refractivity contribution in [1.82, 2.24) is 10.3 Å². The van der Waals surface area contributed by atoms with Crippen LogP contribution in [0.3, 0.4) is 0 Å². The van der Waals surface area contributed by atoms with Gasteiger partial charge in [0.1, 0.15) is 11.3 Å². The fourth-order valence-electron chi connectivity index (χ4n) is 1.87. The van der Waals surface area contributed by atoms with Crippen LogP contribution in [-0.2, 0) is 6.42 Å². The second-order valence-electron chi connectivity index (χ2n) is 4.08. The maximum atomic E-state index is 11.8. The SMILES string of the molecule is CCNC(=O)c1cnc2ccc(CC)cc2c1O. The molecule has 0 fully saturated rings. The quantitative estimate of drug-likeness (QED) is 0.870. The number of fused-ring (bicyclic) bond motifs is 1. The second-order valence-corrected chi connectivity index (χ2v) is 4.08. The van der Waals surface area contributed by atoms with Crippen LogP contribution in [0, 0.1) is 0 Å². The molecule has 2 rings (SSSR count). The molecule has 1 aromatic carbocycles. The van der Waals surface area contributed by atoms with Crippen LogP contribution in [-0.4, -0.2) is 22.5 Å². The predicted molar refractivity (Wildman–Crippen MR) is 70.8 cm³/mol. The number of carbonyl (C=O) groups is 1. The third-order valence-corrected chi connectivity index (χ3v) is 2.89. The number of nitrogens with one attached hydrogen (secondary N) is 1. The molecule has 0 unspecified atom stereocenters. The molecule has 0 aliphatic heterocycles. The minimum absolute atomic E-state index is 0.00116. The summed E-state index contributed by atoms with van der Waals surface area (Å²) in [6.45, 7) is 4.39. The van der Waals surface area contributed by atoms with Gasteiger partial charge in [-0.2, -0.15) is 0 Å². The van der Waals surface area contributed by atoms with Crippen LogP contribution < -0.4 is 5.32 Å². The summed E-state index contributed by atoms with van der Waals surface area (Å²) in [4.78, 5) is 16.0. The van der Waals surface area contributed by atoms with E-state index in [0.717, 1.165) is 12.0 Å². The number of carbonyl (C=O) groups excluding carboxylic acids is 1. The first-order valence-electron chi connectivity index (χ1n) is 6.06. The van der Waals surface area contributed by atoms with Crippen molar-refractivity contribution in [3.63, 3.8) is 0 Å². The van der Waals surface area contributed by atoms with E-state index >= 15 is 0 Å². The van der Waals surface area contributed by atoms with Gasteiger partial charge in [-0.15, -0.1) is 0 Å². The fraction of sp³-hybridized carbons (Fsp3) is 0.286. The largest absolute Gasteiger partial charge is 0.506 e. The maximum absolute atomic E-state index is 11.8. The van der Waals surface area contributed by atoms with Crippen molar-refractivity contribution in [3.8, 4) is 5.75 Å². The Labute approximate surface area is 106 Å². The molecule has 0 saturated carbocycles. The molecule has 4 nitrogen and oxygen atoms in total. The molecule has 0 aliphatic rings. The molecule has 0 spiro atoms. The molecule has 18 heavy (non-hydrogen) atoms. The summed E-state index contributed by atoms with van der Waals surface area (Å²) >= 11 is 0. The number of pyridine rings is 1. The van der Waals surface area contributed by atoms with Crippen LogP contribution >= 0.6 is 0 Å². The minimum atomic E-state index is -0.300.